The normalized spacial score (nSPS) is 11.9. The second kappa shape index (κ2) is 13.3. The quantitative estimate of drug-likeness (QED) is 0.292. The number of hydrogen-bond acceptors (Lipinski definition) is 6. The summed E-state index contributed by atoms with van der Waals surface area (Å²) in [5.74, 6) is -1.86. The summed E-state index contributed by atoms with van der Waals surface area (Å²) in [7, 11) is 0. The number of amides is 1. The Labute approximate surface area is 219 Å². The number of carboxylic acids is 1. The molecule has 0 saturated carbocycles. The van der Waals surface area contributed by atoms with Gasteiger partial charge in [0, 0.05) is 16.9 Å². The third kappa shape index (κ3) is 9.56. The van der Waals surface area contributed by atoms with Gasteiger partial charge < -0.3 is 25.0 Å². The van der Waals surface area contributed by atoms with E-state index in [4.69, 9.17) is 21.7 Å². The number of aliphatic carboxylic acids is 1. The summed E-state index contributed by atoms with van der Waals surface area (Å²) in [4.78, 5) is 27.6. The standard InChI is InChI=1S/C24H24ClF3N4O4S/c25-18-6-2-16(3-7-18)12-31-23-32(11-1-10-29-13-21(33)30-14-22(34)35)20(15-37-23)17-4-8-19(9-5-17)36-24(26,27)28/h2-9,15,29H,1,10-14H2,(H,30,33)(H,34,35). The van der Waals surface area contributed by atoms with Crippen LogP contribution in [0, 0.1) is 0 Å². The van der Waals surface area contributed by atoms with Gasteiger partial charge in [-0.05, 0) is 60.5 Å². The van der Waals surface area contributed by atoms with Crippen LogP contribution in [0.1, 0.15) is 12.0 Å². The van der Waals surface area contributed by atoms with E-state index in [1.807, 2.05) is 22.1 Å². The number of thiazole rings is 1. The van der Waals surface area contributed by atoms with Crippen molar-refractivity contribution in [1.82, 2.24) is 15.2 Å². The molecule has 3 aromatic rings. The molecule has 0 radical (unpaired) electrons. The van der Waals surface area contributed by atoms with Crippen LogP contribution in [-0.2, 0) is 22.7 Å². The Morgan fingerprint density at radius 2 is 1.78 bits per heavy atom. The highest BCUT2D eigenvalue weighted by Gasteiger charge is 2.31. The summed E-state index contributed by atoms with van der Waals surface area (Å²) in [5, 5.41) is 16.3. The molecule has 0 atom stereocenters. The van der Waals surface area contributed by atoms with E-state index in [0.29, 0.717) is 36.6 Å². The van der Waals surface area contributed by atoms with Crippen LogP contribution in [0.25, 0.3) is 11.3 Å². The largest absolute Gasteiger partial charge is 0.573 e. The molecule has 1 heterocycles. The van der Waals surface area contributed by atoms with Gasteiger partial charge in [0.25, 0.3) is 0 Å². The van der Waals surface area contributed by atoms with Crippen molar-refractivity contribution in [3.05, 3.63) is 69.3 Å². The van der Waals surface area contributed by atoms with Crippen LogP contribution in [0.15, 0.2) is 58.9 Å². The first-order valence-electron chi connectivity index (χ1n) is 11.1. The number of nitrogens with zero attached hydrogens (tertiary/aromatic N) is 2. The van der Waals surface area contributed by atoms with Gasteiger partial charge >= 0.3 is 12.3 Å². The Hall–Kier alpha value is -3.35. The molecule has 3 rings (SSSR count). The number of carbonyl (C=O) groups excluding carboxylic acids is 1. The molecule has 2 aromatic carbocycles. The molecule has 37 heavy (non-hydrogen) atoms. The lowest BCUT2D eigenvalue weighted by Crippen LogP contribution is -2.37. The average Bonchev–Trinajstić information content (AvgIpc) is 3.24. The van der Waals surface area contributed by atoms with E-state index in [2.05, 4.69) is 15.4 Å². The molecule has 0 spiro atoms. The molecule has 198 valence electrons. The van der Waals surface area contributed by atoms with Gasteiger partial charge in [-0.25, -0.2) is 0 Å². The fourth-order valence-electron chi connectivity index (χ4n) is 3.28. The van der Waals surface area contributed by atoms with Crippen LogP contribution < -0.4 is 20.2 Å². The number of carboxylic acid groups (broad SMARTS) is 1. The summed E-state index contributed by atoms with van der Waals surface area (Å²) in [6, 6.07) is 12.9. The number of nitrogens with one attached hydrogen (secondary N) is 2. The van der Waals surface area contributed by atoms with Crippen molar-refractivity contribution in [3.63, 3.8) is 0 Å². The molecule has 0 unspecified atom stereocenters. The molecule has 0 aliphatic carbocycles. The Morgan fingerprint density at radius 3 is 2.43 bits per heavy atom. The molecule has 3 N–H and O–H groups in total. The van der Waals surface area contributed by atoms with Gasteiger partial charge in [-0.15, -0.1) is 24.5 Å². The Bertz CT molecular complexity index is 1260. The number of aromatic nitrogens is 1. The topological polar surface area (TPSA) is 105 Å². The summed E-state index contributed by atoms with van der Waals surface area (Å²) >= 11 is 7.35. The highest BCUT2D eigenvalue weighted by molar-refractivity contribution is 7.07. The average molecular weight is 557 g/mol. The molecule has 8 nitrogen and oxygen atoms in total. The van der Waals surface area contributed by atoms with Crippen LogP contribution >= 0.6 is 22.9 Å². The zero-order valence-electron chi connectivity index (χ0n) is 19.4. The molecule has 0 saturated heterocycles. The molecular formula is C24H24ClF3N4O4S. The number of carbonyl (C=O) groups is 2. The van der Waals surface area contributed by atoms with Gasteiger partial charge in [0.15, 0.2) is 4.80 Å². The molecule has 13 heteroatoms. The van der Waals surface area contributed by atoms with Gasteiger partial charge in [0.2, 0.25) is 5.91 Å². The Morgan fingerprint density at radius 1 is 1.08 bits per heavy atom. The molecular weight excluding hydrogens is 533 g/mol. The lowest BCUT2D eigenvalue weighted by molar-refractivity contribution is -0.274. The number of halogens is 4. The SMILES string of the molecule is O=C(O)CNC(=O)CNCCCn1c(-c2ccc(OC(F)(F)F)cc2)csc1=NCc1ccc(Cl)cc1. The predicted molar refractivity (Wildman–Crippen MR) is 133 cm³/mol. The number of hydrogen-bond donors (Lipinski definition) is 3. The minimum Gasteiger partial charge on any atom is -0.480 e. The van der Waals surface area contributed by atoms with Crippen molar-refractivity contribution in [2.75, 3.05) is 19.6 Å². The van der Waals surface area contributed by atoms with E-state index in [-0.39, 0.29) is 12.3 Å². The van der Waals surface area contributed by atoms with Crippen LogP contribution in [0.5, 0.6) is 5.75 Å². The Kier molecular flexibility index (Phi) is 10.1. The van der Waals surface area contributed by atoms with E-state index in [9.17, 15) is 22.8 Å². The van der Waals surface area contributed by atoms with Crippen LogP contribution in [0.3, 0.4) is 0 Å². The minimum absolute atomic E-state index is 0.0249. The van der Waals surface area contributed by atoms with Crippen molar-refractivity contribution in [2.45, 2.75) is 25.9 Å². The van der Waals surface area contributed by atoms with Gasteiger partial charge in [-0.2, -0.15) is 0 Å². The summed E-state index contributed by atoms with van der Waals surface area (Å²) in [5.41, 5.74) is 2.44. The fraction of sp³-hybridized carbons (Fsp3) is 0.292. The second-order valence-corrected chi connectivity index (χ2v) is 9.04. The monoisotopic (exact) mass is 556 g/mol. The van der Waals surface area contributed by atoms with Crippen LogP contribution in [0.2, 0.25) is 5.02 Å². The molecule has 0 aliphatic heterocycles. The zero-order chi connectivity index (χ0) is 26.8. The van der Waals surface area contributed by atoms with Crippen molar-refractivity contribution >= 4 is 34.8 Å². The summed E-state index contributed by atoms with van der Waals surface area (Å²) in [6.45, 7) is 0.931. The molecule has 0 aliphatic rings. The summed E-state index contributed by atoms with van der Waals surface area (Å²) in [6.07, 6.45) is -4.16. The molecule has 1 aromatic heterocycles. The highest BCUT2D eigenvalue weighted by Crippen LogP contribution is 2.27. The highest BCUT2D eigenvalue weighted by atomic mass is 35.5. The van der Waals surface area contributed by atoms with Crippen molar-refractivity contribution < 1.29 is 32.6 Å². The molecule has 0 fully saturated rings. The fourth-order valence-corrected chi connectivity index (χ4v) is 4.34. The molecule has 0 bridgehead atoms. The maximum Gasteiger partial charge on any atom is 0.573 e. The molecule has 1 amide bonds. The number of ether oxygens (including phenoxy) is 1. The first kappa shape index (κ1) is 28.2. The van der Waals surface area contributed by atoms with Gasteiger partial charge in [-0.3, -0.25) is 14.6 Å². The van der Waals surface area contributed by atoms with Gasteiger partial charge in [-0.1, -0.05) is 23.7 Å². The van der Waals surface area contributed by atoms with E-state index < -0.39 is 24.8 Å². The number of rotatable bonds is 12. The smallest absolute Gasteiger partial charge is 0.480 e. The van der Waals surface area contributed by atoms with E-state index >= 15 is 0 Å². The lowest BCUT2D eigenvalue weighted by Gasteiger charge is -2.12. The van der Waals surface area contributed by atoms with E-state index in [1.54, 1.807) is 24.3 Å². The number of benzene rings is 2. The van der Waals surface area contributed by atoms with E-state index in [1.165, 1.54) is 23.5 Å². The lowest BCUT2D eigenvalue weighted by atomic mass is 10.1. The zero-order valence-corrected chi connectivity index (χ0v) is 21.0. The van der Waals surface area contributed by atoms with Crippen molar-refractivity contribution in [2.24, 2.45) is 4.99 Å². The van der Waals surface area contributed by atoms with Gasteiger partial charge in [0.1, 0.15) is 12.3 Å². The van der Waals surface area contributed by atoms with Gasteiger partial charge in [0.05, 0.1) is 18.8 Å². The van der Waals surface area contributed by atoms with Crippen molar-refractivity contribution in [1.29, 1.82) is 0 Å². The third-order valence-corrected chi connectivity index (χ3v) is 6.10. The first-order chi connectivity index (χ1) is 17.6. The second-order valence-electron chi connectivity index (χ2n) is 7.77. The first-order valence-corrected chi connectivity index (χ1v) is 12.3. The maximum atomic E-state index is 12.5. The third-order valence-electron chi connectivity index (χ3n) is 4.95. The van der Waals surface area contributed by atoms with Crippen LogP contribution in [-0.4, -0.2) is 47.5 Å². The van der Waals surface area contributed by atoms with Crippen molar-refractivity contribution in [3.8, 4) is 17.0 Å². The van der Waals surface area contributed by atoms with E-state index in [0.717, 1.165) is 16.1 Å². The predicted octanol–water partition coefficient (Wildman–Crippen LogP) is 4.05. The maximum absolute atomic E-state index is 12.5. The Balaban J connectivity index is 1.73. The summed E-state index contributed by atoms with van der Waals surface area (Å²) < 4.78 is 43.4. The minimum atomic E-state index is -4.77. The van der Waals surface area contributed by atoms with Crippen LogP contribution in [0.4, 0.5) is 13.2 Å². The number of alkyl halides is 3.